The Morgan fingerprint density at radius 1 is 1.17 bits per heavy atom. The largest absolute Gasteiger partial charge is 0.293 e. The van der Waals surface area contributed by atoms with Gasteiger partial charge in [0.25, 0.3) is 0 Å². The van der Waals surface area contributed by atoms with Crippen LogP contribution in [0.15, 0.2) is 48.9 Å². The average Bonchev–Trinajstić information content (AvgIpc) is 3.07. The number of fused-ring (bicyclic) bond motifs is 1. The van der Waals surface area contributed by atoms with Crippen molar-refractivity contribution >= 4 is 11.7 Å². The van der Waals surface area contributed by atoms with Crippen molar-refractivity contribution in [2.45, 2.75) is 39.2 Å². The highest BCUT2D eigenvalue weighted by molar-refractivity contribution is 6.00. The third-order valence-corrected chi connectivity index (χ3v) is 6.41. The maximum atomic E-state index is 13.3. The molecule has 6 heteroatoms. The number of anilines is 1. The fourth-order valence-electron chi connectivity index (χ4n) is 4.73. The molecule has 1 aliphatic carbocycles. The van der Waals surface area contributed by atoms with Crippen LogP contribution in [-0.4, -0.2) is 32.1 Å². The second kappa shape index (κ2) is 6.79. The Bertz CT molecular complexity index is 1030. The van der Waals surface area contributed by atoms with Gasteiger partial charge in [0.1, 0.15) is 5.82 Å². The van der Waals surface area contributed by atoms with Crippen LogP contribution >= 0.6 is 0 Å². The molecule has 0 spiro atoms. The summed E-state index contributed by atoms with van der Waals surface area (Å²) >= 11 is 0. The Balaban J connectivity index is 1.37. The normalized spacial score (nSPS) is 25.5. The molecule has 1 aliphatic heterocycles. The van der Waals surface area contributed by atoms with Crippen LogP contribution in [-0.2, 0) is 11.2 Å². The lowest BCUT2D eigenvalue weighted by Crippen LogP contribution is -2.34. The second-order valence-corrected chi connectivity index (χ2v) is 8.57. The molecule has 2 fully saturated rings. The number of hydrogen-bond acceptors (Lipinski definition) is 4. The summed E-state index contributed by atoms with van der Waals surface area (Å²) in [5, 5.41) is 7.50. The summed E-state index contributed by atoms with van der Waals surface area (Å²) in [6, 6.07) is 10.3. The topological polar surface area (TPSA) is 74.8 Å². The minimum Gasteiger partial charge on any atom is -0.293 e. The van der Waals surface area contributed by atoms with Crippen LogP contribution < -0.4 is 4.90 Å². The fraction of sp³-hybridized carbons (Fsp3) is 0.391. The Hall–Kier alpha value is -3.02. The smallest absolute Gasteiger partial charge is 0.232 e. The van der Waals surface area contributed by atoms with Gasteiger partial charge in [-0.15, -0.1) is 0 Å². The standard InChI is InChI=1S/C23H25N5O/c1-13(2)18-5-4-15(12-25-18)10-17-21-14(3)22(21)28(23(17)29)20-11-19(26-27-20)16-6-8-24-9-7-16/h4-9,11-14,17,21-22H,10H2,1-3H3,(H,26,27)/t14-,17?,21?,22?/m0/s1. The van der Waals surface area contributed by atoms with Crippen LogP contribution in [0.5, 0.6) is 0 Å². The first-order valence-corrected chi connectivity index (χ1v) is 10.3. The summed E-state index contributed by atoms with van der Waals surface area (Å²) in [6.45, 7) is 6.52. The van der Waals surface area contributed by atoms with E-state index in [9.17, 15) is 4.79 Å². The van der Waals surface area contributed by atoms with Crippen molar-refractivity contribution in [1.82, 2.24) is 20.2 Å². The van der Waals surface area contributed by atoms with Crippen molar-refractivity contribution < 1.29 is 4.79 Å². The van der Waals surface area contributed by atoms with E-state index in [-0.39, 0.29) is 17.9 Å². The molecule has 4 atom stereocenters. The predicted molar refractivity (Wildman–Crippen MR) is 111 cm³/mol. The molecule has 29 heavy (non-hydrogen) atoms. The van der Waals surface area contributed by atoms with Crippen molar-refractivity contribution in [2.75, 3.05) is 4.90 Å². The van der Waals surface area contributed by atoms with E-state index in [0.717, 1.165) is 34.8 Å². The summed E-state index contributed by atoms with van der Waals surface area (Å²) < 4.78 is 0. The van der Waals surface area contributed by atoms with Crippen LogP contribution in [0.3, 0.4) is 0 Å². The van der Waals surface area contributed by atoms with Gasteiger partial charge in [0.2, 0.25) is 5.91 Å². The number of aromatic amines is 1. The van der Waals surface area contributed by atoms with Gasteiger partial charge in [-0.1, -0.05) is 26.8 Å². The molecule has 5 rings (SSSR count). The lowest BCUT2D eigenvalue weighted by molar-refractivity contribution is -0.121. The molecule has 1 saturated carbocycles. The SMILES string of the molecule is CC(C)c1ccc(CC2C(=O)N(c3cc(-c4ccncc4)n[nH]3)C3C2[C@@H]3C)cn1. The molecule has 4 heterocycles. The van der Waals surface area contributed by atoms with Crippen molar-refractivity contribution in [3.63, 3.8) is 0 Å². The zero-order valence-corrected chi connectivity index (χ0v) is 16.9. The van der Waals surface area contributed by atoms with E-state index in [1.807, 2.05) is 29.3 Å². The number of nitrogens with zero attached hydrogens (tertiary/aromatic N) is 4. The van der Waals surface area contributed by atoms with Crippen molar-refractivity contribution in [1.29, 1.82) is 0 Å². The number of H-pyrrole nitrogens is 1. The lowest BCUT2D eigenvalue weighted by Gasteiger charge is -2.21. The summed E-state index contributed by atoms with van der Waals surface area (Å²) in [5.41, 5.74) is 4.04. The molecule has 3 unspecified atom stereocenters. The molecule has 1 amide bonds. The predicted octanol–water partition coefficient (Wildman–Crippen LogP) is 3.83. The molecular formula is C23H25N5O. The zero-order chi connectivity index (χ0) is 20.1. The van der Waals surface area contributed by atoms with Gasteiger partial charge in [0, 0.05) is 47.9 Å². The molecule has 0 radical (unpaired) electrons. The third-order valence-electron chi connectivity index (χ3n) is 6.41. The first-order valence-electron chi connectivity index (χ1n) is 10.3. The van der Waals surface area contributed by atoms with E-state index in [1.54, 1.807) is 12.4 Å². The summed E-state index contributed by atoms with van der Waals surface area (Å²) in [5.74, 6) is 2.31. The Morgan fingerprint density at radius 2 is 1.97 bits per heavy atom. The molecule has 3 aromatic rings. The highest BCUT2D eigenvalue weighted by atomic mass is 16.2. The number of nitrogens with one attached hydrogen (secondary N) is 1. The minimum absolute atomic E-state index is 0.00868. The summed E-state index contributed by atoms with van der Waals surface area (Å²) in [6.07, 6.45) is 6.18. The molecule has 0 aromatic carbocycles. The van der Waals surface area contributed by atoms with Crippen LogP contribution in [0.25, 0.3) is 11.3 Å². The first kappa shape index (κ1) is 18.0. The molecule has 1 saturated heterocycles. The zero-order valence-electron chi connectivity index (χ0n) is 16.9. The van der Waals surface area contributed by atoms with E-state index in [2.05, 4.69) is 53.1 Å². The maximum absolute atomic E-state index is 13.3. The van der Waals surface area contributed by atoms with Crippen LogP contribution in [0.1, 0.15) is 37.9 Å². The van der Waals surface area contributed by atoms with Gasteiger partial charge in [-0.05, 0) is 47.9 Å². The van der Waals surface area contributed by atoms with Gasteiger partial charge in [0.05, 0.1) is 5.69 Å². The maximum Gasteiger partial charge on any atom is 0.232 e. The highest BCUT2D eigenvalue weighted by Crippen LogP contribution is 2.56. The van der Waals surface area contributed by atoms with Crippen molar-refractivity contribution in [3.05, 3.63) is 60.2 Å². The Labute approximate surface area is 170 Å². The van der Waals surface area contributed by atoms with Gasteiger partial charge in [-0.3, -0.25) is 24.8 Å². The van der Waals surface area contributed by atoms with Crippen molar-refractivity contribution in [3.8, 4) is 11.3 Å². The van der Waals surface area contributed by atoms with E-state index in [0.29, 0.717) is 17.8 Å². The lowest BCUT2D eigenvalue weighted by atomic mass is 9.94. The number of amides is 1. The van der Waals surface area contributed by atoms with E-state index in [1.165, 1.54) is 0 Å². The van der Waals surface area contributed by atoms with Crippen LogP contribution in [0.2, 0.25) is 0 Å². The minimum atomic E-state index is 0.00868. The van der Waals surface area contributed by atoms with E-state index in [4.69, 9.17) is 0 Å². The number of hydrogen-bond donors (Lipinski definition) is 1. The third kappa shape index (κ3) is 3.03. The van der Waals surface area contributed by atoms with Gasteiger partial charge in [0.15, 0.2) is 0 Å². The number of piperidine rings is 1. The molecular weight excluding hydrogens is 362 g/mol. The summed E-state index contributed by atoms with van der Waals surface area (Å²) in [7, 11) is 0. The van der Waals surface area contributed by atoms with Gasteiger partial charge >= 0.3 is 0 Å². The molecule has 1 N–H and O–H groups in total. The quantitative estimate of drug-likeness (QED) is 0.722. The Kier molecular flexibility index (Phi) is 4.23. The molecule has 0 bridgehead atoms. The monoisotopic (exact) mass is 387 g/mol. The highest BCUT2D eigenvalue weighted by Gasteiger charge is 2.64. The number of pyridine rings is 2. The average molecular weight is 387 g/mol. The number of carbonyl (C=O) groups is 1. The summed E-state index contributed by atoms with van der Waals surface area (Å²) in [4.78, 5) is 23.8. The van der Waals surface area contributed by atoms with Gasteiger partial charge in [-0.25, -0.2) is 0 Å². The first-order chi connectivity index (χ1) is 14.0. The number of carbonyl (C=O) groups excluding carboxylic acids is 1. The number of aromatic nitrogens is 4. The van der Waals surface area contributed by atoms with E-state index >= 15 is 0 Å². The second-order valence-electron chi connectivity index (χ2n) is 8.57. The molecule has 148 valence electrons. The van der Waals surface area contributed by atoms with Crippen LogP contribution in [0.4, 0.5) is 5.82 Å². The Morgan fingerprint density at radius 3 is 2.66 bits per heavy atom. The van der Waals surface area contributed by atoms with Crippen molar-refractivity contribution in [2.24, 2.45) is 17.8 Å². The molecule has 3 aromatic heterocycles. The molecule has 6 nitrogen and oxygen atoms in total. The van der Waals surface area contributed by atoms with Gasteiger partial charge in [-0.2, -0.15) is 5.10 Å². The molecule has 2 aliphatic rings. The fourth-order valence-corrected chi connectivity index (χ4v) is 4.73. The van der Waals surface area contributed by atoms with E-state index < -0.39 is 0 Å². The number of rotatable bonds is 5. The van der Waals surface area contributed by atoms with Crippen LogP contribution in [0, 0.1) is 17.8 Å². The van der Waals surface area contributed by atoms with Gasteiger partial charge < -0.3 is 0 Å².